The van der Waals surface area contributed by atoms with Crippen LogP contribution in [0.25, 0.3) is 0 Å². The van der Waals surface area contributed by atoms with Crippen LogP contribution < -0.4 is 0 Å². The summed E-state index contributed by atoms with van der Waals surface area (Å²) in [5.41, 5.74) is 4.01. The normalized spacial score (nSPS) is 20.2. The third kappa shape index (κ3) is 2.52. The first-order valence-corrected chi connectivity index (χ1v) is 8.56. The van der Waals surface area contributed by atoms with Crippen LogP contribution in [0.15, 0.2) is 68.9 Å². The Hall–Kier alpha value is -3.43. The second-order valence-electron chi connectivity index (χ2n) is 6.13. The van der Waals surface area contributed by atoms with Crippen LogP contribution in [0.1, 0.15) is 29.4 Å². The predicted octanol–water partition coefficient (Wildman–Crippen LogP) is 2.31. The Morgan fingerprint density at radius 2 is 2.07 bits per heavy atom. The van der Waals surface area contributed by atoms with E-state index in [1.54, 1.807) is 18.7 Å². The summed E-state index contributed by atoms with van der Waals surface area (Å²) in [6.07, 6.45) is 6.83. The zero-order valence-corrected chi connectivity index (χ0v) is 14.6. The number of fused-ring (bicyclic) bond motifs is 3. The van der Waals surface area contributed by atoms with E-state index in [0.29, 0.717) is 11.5 Å². The summed E-state index contributed by atoms with van der Waals surface area (Å²) in [5.74, 6) is 0.604. The molecule has 9 nitrogen and oxygen atoms in total. The highest BCUT2D eigenvalue weighted by Crippen LogP contribution is 2.31. The quantitative estimate of drug-likeness (QED) is 0.651. The lowest BCUT2D eigenvalue weighted by Crippen LogP contribution is -2.49. The fourth-order valence-corrected chi connectivity index (χ4v) is 3.10. The number of hydrogen-bond acceptors (Lipinski definition) is 7. The Labute approximate surface area is 154 Å². The van der Waals surface area contributed by atoms with Gasteiger partial charge in [0.05, 0.1) is 11.9 Å². The molecule has 27 heavy (non-hydrogen) atoms. The molecule has 0 fully saturated rings. The molecule has 4 heterocycles. The molecule has 0 spiro atoms. The van der Waals surface area contributed by atoms with Crippen molar-refractivity contribution in [3.05, 3.63) is 71.6 Å². The second-order valence-corrected chi connectivity index (χ2v) is 6.13. The maximum absolute atomic E-state index is 6.09. The Morgan fingerprint density at radius 3 is 2.85 bits per heavy atom. The van der Waals surface area contributed by atoms with Gasteiger partial charge in [-0.25, -0.2) is 4.98 Å². The van der Waals surface area contributed by atoms with E-state index in [0.717, 1.165) is 29.1 Å². The van der Waals surface area contributed by atoms with Crippen molar-refractivity contribution in [2.24, 2.45) is 15.3 Å². The first-order valence-electron chi connectivity index (χ1n) is 8.56. The SMILES string of the molecule is CCn1cnc(C2=N[N+]3(OCc4ccon4)C=NN=C3c3ccccc32)c1. The van der Waals surface area contributed by atoms with Crippen molar-refractivity contribution in [2.45, 2.75) is 20.1 Å². The Balaban J connectivity index is 1.63. The molecule has 134 valence electrons. The van der Waals surface area contributed by atoms with Crippen LogP contribution in [0.3, 0.4) is 0 Å². The molecule has 0 N–H and O–H groups in total. The van der Waals surface area contributed by atoms with E-state index in [1.807, 2.05) is 35.0 Å². The molecule has 0 saturated carbocycles. The maximum Gasteiger partial charge on any atom is 0.321 e. The highest BCUT2D eigenvalue weighted by Gasteiger charge is 2.48. The molecule has 0 saturated heterocycles. The number of aryl methyl sites for hydroxylation is 1. The third-order valence-electron chi connectivity index (χ3n) is 4.48. The molecule has 1 unspecified atom stereocenters. The zero-order valence-electron chi connectivity index (χ0n) is 14.6. The monoisotopic (exact) mass is 362 g/mol. The van der Waals surface area contributed by atoms with Crippen molar-refractivity contribution < 1.29 is 14.1 Å². The zero-order chi connectivity index (χ0) is 18.3. The van der Waals surface area contributed by atoms with Crippen LogP contribution in [-0.2, 0) is 18.0 Å². The van der Waals surface area contributed by atoms with Crippen molar-refractivity contribution in [3.8, 4) is 0 Å². The minimum atomic E-state index is -0.293. The van der Waals surface area contributed by atoms with Crippen LogP contribution in [0.2, 0.25) is 0 Å². The number of rotatable bonds is 5. The number of amidine groups is 1. The molecule has 2 aliphatic heterocycles. The summed E-state index contributed by atoms with van der Waals surface area (Å²) < 4.78 is 6.59. The minimum absolute atomic E-state index is 0.198. The summed E-state index contributed by atoms with van der Waals surface area (Å²) in [6.45, 7) is 3.09. The molecule has 0 amide bonds. The Morgan fingerprint density at radius 1 is 1.19 bits per heavy atom. The molecule has 9 heteroatoms. The molecule has 0 bridgehead atoms. The molecule has 0 aliphatic carbocycles. The molecule has 2 aliphatic rings. The smallest absolute Gasteiger partial charge is 0.321 e. The minimum Gasteiger partial charge on any atom is -0.364 e. The van der Waals surface area contributed by atoms with E-state index in [-0.39, 0.29) is 11.4 Å². The van der Waals surface area contributed by atoms with Crippen LogP contribution in [0.4, 0.5) is 0 Å². The van der Waals surface area contributed by atoms with Crippen LogP contribution in [-0.4, -0.2) is 37.3 Å². The molecular weight excluding hydrogens is 346 g/mol. The van der Waals surface area contributed by atoms with E-state index in [9.17, 15) is 0 Å². The molecule has 1 aromatic carbocycles. The van der Waals surface area contributed by atoms with Gasteiger partial charge in [-0.3, -0.25) is 0 Å². The summed E-state index contributed by atoms with van der Waals surface area (Å²) in [6, 6.07) is 9.66. The second kappa shape index (κ2) is 6.08. The number of nitrogens with zero attached hydrogens (tertiary/aromatic N) is 7. The van der Waals surface area contributed by atoms with Gasteiger partial charge in [-0.05, 0) is 18.1 Å². The van der Waals surface area contributed by atoms with Crippen molar-refractivity contribution in [1.82, 2.24) is 14.7 Å². The van der Waals surface area contributed by atoms with Gasteiger partial charge in [0, 0.05) is 29.1 Å². The first-order chi connectivity index (χ1) is 13.3. The molecule has 1 atom stereocenters. The number of benzene rings is 1. The van der Waals surface area contributed by atoms with Gasteiger partial charge in [-0.2, -0.15) is 4.84 Å². The fraction of sp³-hybridized carbons (Fsp3) is 0.167. The van der Waals surface area contributed by atoms with Gasteiger partial charge < -0.3 is 9.09 Å². The highest BCUT2D eigenvalue weighted by molar-refractivity contribution is 6.19. The van der Waals surface area contributed by atoms with Gasteiger partial charge in [0.2, 0.25) is 0 Å². The maximum atomic E-state index is 6.09. The average Bonchev–Trinajstić information content (AvgIpc) is 3.46. The topological polar surface area (TPSA) is 90.2 Å². The molecule has 5 rings (SSSR count). The van der Waals surface area contributed by atoms with Crippen molar-refractivity contribution in [3.63, 3.8) is 0 Å². The fourth-order valence-electron chi connectivity index (χ4n) is 3.10. The standard InChI is InChI=1S/C18H16N7O2/c1-2-24-9-16(19-11-24)17-14-5-3-4-6-15(14)18-21-20-12-25(18,22-17)27-10-13-7-8-26-23-13/h3-9,11-12H,2,10H2,1H3/q+1. The number of aromatic nitrogens is 3. The molecular formula is C18H16N7O2+. The largest absolute Gasteiger partial charge is 0.364 e. The average molecular weight is 362 g/mol. The summed E-state index contributed by atoms with van der Waals surface area (Å²) >= 11 is 0. The van der Waals surface area contributed by atoms with Crippen molar-refractivity contribution in [1.29, 1.82) is 0 Å². The number of imidazole rings is 1. The predicted molar refractivity (Wildman–Crippen MR) is 96.6 cm³/mol. The van der Waals surface area contributed by atoms with E-state index in [2.05, 4.69) is 27.3 Å². The van der Waals surface area contributed by atoms with E-state index < -0.39 is 0 Å². The van der Waals surface area contributed by atoms with E-state index in [4.69, 9.17) is 14.5 Å². The van der Waals surface area contributed by atoms with Gasteiger partial charge in [-0.15, -0.1) is 0 Å². The van der Waals surface area contributed by atoms with Crippen LogP contribution >= 0.6 is 0 Å². The van der Waals surface area contributed by atoms with Gasteiger partial charge >= 0.3 is 5.84 Å². The molecule has 0 radical (unpaired) electrons. The Bertz CT molecular complexity index is 1080. The van der Waals surface area contributed by atoms with Gasteiger partial charge in [0.1, 0.15) is 17.7 Å². The third-order valence-corrected chi connectivity index (χ3v) is 4.48. The number of quaternary nitrogens is 1. The summed E-state index contributed by atoms with van der Waals surface area (Å²) in [7, 11) is 0. The lowest BCUT2D eigenvalue weighted by atomic mass is 9.98. The van der Waals surface area contributed by atoms with E-state index >= 15 is 0 Å². The number of hydrogen-bond donors (Lipinski definition) is 0. The van der Waals surface area contributed by atoms with Crippen LogP contribution in [0.5, 0.6) is 0 Å². The van der Waals surface area contributed by atoms with Gasteiger partial charge in [0.25, 0.3) is 6.34 Å². The summed E-state index contributed by atoms with van der Waals surface area (Å²) in [4.78, 5) is 10.6. The Kier molecular flexibility index (Phi) is 3.56. The van der Waals surface area contributed by atoms with Crippen LogP contribution in [0, 0.1) is 0 Å². The lowest BCUT2D eigenvalue weighted by molar-refractivity contribution is -0.966. The molecule has 3 aromatic rings. The van der Waals surface area contributed by atoms with E-state index in [1.165, 1.54) is 6.26 Å². The lowest BCUT2D eigenvalue weighted by Gasteiger charge is -2.26. The van der Waals surface area contributed by atoms with Crippen molar-refractivity contribution in [2.75, 3.05) is 0 Å². The molecule has 2 aromatic heterocycles. The van der Waals surface area contributed by atoms with Gasteiger partial charge in [0.15, 0.2) is 12.3 Å². The highest BCUT2D eigenvalue weighted by atomic mass is 16.8. The first kappa shape index (κ1) is 15.8. The van der Waals surface area contributed by atoms with Crippen molar-refractivity contribution >= 4 is 17.9 Å². The number of hydroxylamine groups is 2. The summed E-state index contributed by atoms with van der Waals surface area (Å²) in [5, 5.41) is 17.1. The van der Waals surface area contributed by atoms with Gasteiger partial charge in [-0.1, -0.05) is 33.6 Å².